The topological polar surface area (TPSA) is 50.4 Å². The van der Waals surface area contributed by atoms with Gasteiger partial charge in [-0.15, -0.1) is 0 Å². The number of nitrogens with one attached hydrogen (secondary N) is 2. The number of hydrogen-bond acceptors (Lipinski definition) is 3. The molecule has 2 aromatic carbocycles. The summed E-state index contributed by atoms with van der Waals surface area (Å²) in [7, 11) is 1.51. The van der Waals surface area contributed by atoms with Gasteiger partial charge in [-0.25, -0.2) is 4.39 Å². The number of halogens is 2. The Labute approximate surface area is 126 Å². The highest BCUT2D eigenvalue weighted by Gasteiger charge is 2.07. The normalized spacial score (nSPS) is 10.0. The Morgan fingerprint density at radius 2 is 2.05 bits per heavy atom. The van der Waals surface area contributed by atoms with Crippen molar-refractivity contribution >= 4 is 28.9 Å². The van der Waals surface area contributed by atoms with E-state index in [0.717, 1.165) is 0 Å². The molecule has 4 nitrogen and oxygen atoms in total. The minimum absolute atomic E-state index is 0.0510. The first-order chi connectivity index (χ1) is 10.1. The van der Waals surface area contributed by atoms with Crippen LogP contribution < -0.4 is 15.4 Å². The van der Waals surface area contributed by atoms with Crippen LogP contribution in [-0.4, -0.2) is 19.6 Å². The van der Waals surface area contributed by atoms with Crippen LogP contribution in [0.15, 0.2) is 42.5 Å². The van der Waals surface area contributed by atoms with Crippen LogP contribution >= 0.6 is 11.6 Å². The maximum Gasteiger partial charge on any atom is 0.243 e. The third kappa shape index (κ3) is 4.10. The maximum absolute atomic E-state index is 13.4. The van der Waals surface area contributed by atoms with Gasteiger partial charge in [0.05, 0.1) is 24.4 Å². The molecule has 0 aliphatic heterocycles. The summed E-state index contributed by atoms with van der Waals surface area (Å²) in [4.78, 5) is 11.8. The second-order valence-electron chi connectivity index (χ2n) is 4.23. The minimum atomic E-state index is -0.405. The summed E-state index contributed by atoms with van der Waals surface area (Å²) in [5.41, 5.74) is 0.821. The second kappa shape index (κ2) is 6.95. The van der Waals surface area contributed by atoms with E-state index in [-0.39, 0.29) is 18.1 Å². The number of carbonyl (C=O) groups is 1. The maximum atomic E-state index is 13.4. The fourth-order valence-corrected chi connectivity index (χ4v) is 1.99. The summed E-state index contributed by atoms with van der Waals surface area (Å²) in [5, 5.41) is 5.79. The molecule has 0 saturated heterocycles. The molecule has 0 saturated carbocycles. The Morgan fingerprint density at radius 3 is 2.71 bits per heavy atom. The number of carbonyl (C=O) groups excluding carboxylic acids is 1. The van der Waals surface area contributed by atoms with Crippen molar-refractivity contribution in [3.05, 3.63) is 53.3 Å². The van der Waals surface area contributed by atoms with Gasteiger partial charge in [0.1, 0.15) is 11.6 Å². The van der Waals surface area contributed by atoms with Crippen LogP contribution in [-0.2, 0) is 4.79 Å². The molecule has 6 heteroatoms. The van der Waals surface area contributed by atoms with Crippen LogP contribution in [0, 0.1) is 5.82 Å². The van der Waals surface area contributed by atoms with Crippen molar-refractivity contribution in [2.24, 2.45) is 0 Å². The number of amides is 1. The number of para-hydroxylation sites is 1. The zero-order chi connectivity index (χ0) is 15.2. The van der Waals surface area contributed by atoms with Crippen LogP contribution in [0.4, 0.5) is 15.8 Å². The summed E-state index contributed by atoms with van der Waals surface area (Å²) in [6.45, 7) is -0.0510. The summed E-state index contributed by atoms with van der Waals surface area (Å²) in [5.74, 6) is -0.184. The van der Waals surface area contributed by atoms with Gasteiger partial charge in [-0.1, -0.05) is 23.7 Å². The van der Waals surface area contributed by atoms with E-state index in [1.807, 2.05) is 0 Å². The molecule has 0 unspecified atom stereocenters. The highest BCUT2D eigenvalue weighted by molar-refractivity contribution is 6.32. The third-order valence-corrected chi connectivity index (χ3v) is 3.04. The van der Waals surface area contributed by atoms with Gasteiger partial charge in [0, 0.05) is 5.69 Å². The fraction of sp³-hybridized carbons (Fsp3) is 0.133. The van der Waals surface area contributed by atoms with E-state index in [1.54, 1.807) is 36.4 Å². The van der Waals surface area contributed by atoms with Crippen LogP contribution in [0.2, 0.25) is 5.02 Å². The fourth-order valence-electron chi connectivity index (χ4n) is 1.73. The highest BCUT2D eigenvalue weighted by Crippen LogP contribution is 2.27. The van der Waals surface area contributed by atoms with Crippen molar-refractivity contribution in [2.75, 3.05) is 24.3 Å². The SMILES string of the molecule is COc1ccc(NC(=O)CNc2ccccc2F)cc1Cl. The number of ether oxygens (including phenoxy) is 1. The van der Waals surface area contributed by atoms with E-state index in [0.29, 0.717) is 16.5 Å². The smallest absolute Gasteiger partial charge is 0.243 e. The summed E-state index contributed by atoms with van der Waals surface area (Å²) < 4.78 is 18.4. The molecule has 0 fully saturated rings. The quantitative estimate of drug-likeness (QED) is 0.888. The van der Waals surface area contributed by atoms with Crippen molar-refractivity contribution in [1.82, 2.24) is 0 Å². The van der Waals surface area contributed by atoms with Crippen molar-refractivity contribution < 1.29 is 13.9 Å². The number of anilines is 2. The molecule has 0 bridgehead atoms. The molecule has 0 radical (unpaired) electrons. The molecule has 0 heterocycles. The van der Waals surface area contributed by atoms with Crippen molar-refractivity contribution in [1.29, 1.82) is 0 Å². The van der Waals surface area contributed by atoms with Crippen LogP contribution in [0.5, 0.6) is 5.75 Å². The van der Waals surface area contributed by atoms with Gasteiger partial charge in [0.25, 0.3) is 0 Å². The molecule has 0 aromatic heterocycles. The lowest BCUT2D eigenvalue weighted by Crippen LogP contribution is -2.22. The number of methoxy groups -OCH3 is 1. The summed E-state index contributed by atoms with van der Waals surface area (Å²) in [6.07, 6.45) is 0. The van der Waals surface area contributed by atoms with E-state index in [9.17, 15) is 9.18 Å². The first kappa shape index (κ1) is 15.1. The predicted octanol–water partition coefficient (Wildman–Crippen LogP) is 3.54. The molecule has 1 amide bonds. The summed E-state index contributed by atoms with van der Waals surface area (Å²) in [6, 6.07) is 11.1. The van der Waals surface area contributed by atoms with Crippen LogP contribution in [0.25, 0.3) is 0 Å². The van der Waals surface area contributed by atoms with Gasteiger partial charge in [0.2, 0.25) is 5.91 Å². The molecule has 0 spiro atoms. The first-order valence-electron chi connectivity index (χ1n) is 6.22. The number of hydrogen-bond donors (Lipinski definition) is 2. The molecule has 0 atom stereocenters. The zero-order valence-corrected chi connectivity index (χ0v) is 12.1. The van der Waals surface area contributed by atoms with E-state index < -0.39 is 5.82 Å². The highest BCUT2D eigenvalue weighted by atomic mass is 35.5. The van der Waals surface area contributed by atoms with E-state index in [1.165, 1.54) is 13.2 Å². The Bertz CT molecular complexity index is 649. The molecule has 2 aromatic rings. The Balaban J connectivity index is 1.93. The minimum Gasteiger partial charge on any atom is -0.495 e. The molecule has 2 N–H and O–H groups in total. The largest absolute Gasteiger partial charge is 0.495 e. The van der Waals surface area contributed by atoms with E-state index in [4.69, 9.17) is 16.3 Å². The number of benzene rings is 2. The lowest BCUT2D eigenvalue weighted by Gasteiger charge is -2.10. The van der Waals surface area contributed by atoms with Crippen LogP contribution in [0.1, 0.15) is 0 Å². The van der Waals surface area contributed by atoms with E-state index >= 15 is 0 Å². The van der Waals surface area contributed by atoms with Gasteiger partial charge in [-0.2, -0.15) is 0 Å². The van der Waals surface area contributed by atoms with Crippen molar-refractivity contribution in [3.63, 3.8) is 0 Å². The Kier molecular flexibility index (Phi) is 5.00. The van der Waals surface area contributed by atoms with Gasteiger partial charge < -0.3 is 15.4 Å². The monoisotopic (exact) mass is 308 g/mol. The molecule has 110 valence electrons. The van der Waals surface area contributed by atoms with Gasteiger partial charge in [-0.05, 0) is 30.3 Å². The molecule has 21 heavy (non-hydrogen) atoms. The standard InChI is InChI=1S/C15H14ClFN2O2/c1-21-14-7-6-10(8-11(14)16)19-15(20)9-18-13-5-3-2-4-12(13)17/h2-8,18H,9H2,1H3,(H,19,20). The number of rotatable bonds is 5. The van der Waals surface area contributed by atoms with Crippen molar-refractivity contribution in [2.45, 2.75) is 0 Å². The van der Waals surface area contributed by atoms with E-state index in [2.05, 4.69) is 10.6 Å². The van der Waals surface area contributed by atoms with Gasteiger partial charge >= 0.3 is 0 Å². The second-order valence-corrected chi connectivity index (χ2v) is 4.64. The molecular formula is C15H14ClFN2O2. The molecular weight excluding hydrogens is 295 g/mol. The first-order valence-corrected chi connectivity index (χ1v) is 6.59. The molecule has 0 aliphatic carbocycles. The Morgan fingerprint density at radius 1 is 1.29 bits per heavy atom. The molecule has 0 aliphatic rings. The third-order valence-electron chi connectivity index (χ3n) is 2.75. The summed E-state index contributed by atoms with van der Waals surface area (Å²) >= 11 is 5.97. The predicted molar refractivity (Wildman–Crippen MR) is 81.5 cm³/mol. The van der Waals surface area contributed by atoms with Gasteiger partial charge in [-0.3, -0.25) is 4.79 Å². The van der Waals surface area contributed by atoms with Crippen molar-refractivity contribution in [3.8, 4) is 5.75 Å². The molecule has 2 rings (SSSR count). The lowest BCUT2D eigenvalue weighted by atomic mass is 10.3. The Hall–Kier alpha value is -2.27. The van der Waals surface area contributed by atoms with Gasteiger partial charge in [0.15, 0.2) is 0 Å². The average Bonchev–Trinajstić information content (AvgIpc) is 2.46. The average molecular weight is 309 g/mol. The zero-order valence-electron chi connectivity index (χ0n) is 11.3. The van der Waals surface area contributed by atoms with Crippen LogP contribution in [0.3, 0.4) is 0 Å². The lowest BCUT2D eigenvalue weighted by molar-refractivity contribution is -0.114.